The molecule has 3 atom stereocenters. The van der Waals surface area contributed by atoms with Crippen LogP contribution in [0.4, 0.5) is 0 Å². The van der Waals surface area contributed by atoms with Crippen molar-refractivity contribution in [2.24, 2.45) is 0 Å². The lowest BCUT2D eigenvalue weighted by molar-refractivity contribution is 0.0913. The van der Waals surface area contributed by atoms with Crippen molar-refractivity contribution < 1.29 is 4.79 Å². The fraction of sp³-hybridized carbons (Fsp3) is 0.562. The van der Waals surface area contributed by atoms with Gasteiger partial charge in [0.2, 0.25) is 0 Å². The third kappa shape index (κ3) is 3.35. The molecule has 1 aliphatic heterocycles. The van der Waals surface area contributed by atoms with Crippen LogP contribution in [0.15, 0.2) is 18.2 Å². The van der Waals surface area contributed by atoms with Crippen LogP contribution in [-0.2, 0) is 0 Å². The maximum atomic E-state index is 12.4. The van der Waals surface area contributed by atoms with Gasteiger partial charge in [-0.1, -0.05) is 17.7 Å². The summed E-state index contributed by atoms with van der Waals surface area (Å²) in [4.78, 5) is 12.4. The predicted molar refractivity (Wildman–Crippen MR) is 78.5 cm³/mol. The average molecular weight is 260 g/mol. The molecule has 1 amide bonds. The molecule has 1 aromatic rings. The second-order valence-corrected chi connectivity index (χ2v) is 5.83. The molecule has 1 fully saturated rings. The molecule has 1 saturated heterocycles. The molecule has 3 unspecified atom stereocenters. The first-order valence-corrected chi connectivity index (χ1v) is 7.11. The molecule has 0 radical (unpaired) electrons. The summed E-state index contributed by atoms with van der Waals surface area (Å²) >= 11 is 0. The summed E-state index contributed by atoms with van der Waals surface area (Å²) in [5, 5.41) is 6.67. The Balaban J connectivity index is 2.06. The van der Waals surface area contributed by atoms with Gasteiger partial charge in [0.05, 0.1) is 0 Å². The number of benzene rings is 1. The highest BCUT2D eigenvalue weighted by Gasteiger charge is 2.26. The topological polar surface area (TPSA) is 41.1 Å². The van der Waals surface area contributed by atoms with Gasteiger partial charge in [-0.2, -0.15) is 0 Å². The Morgan fingerprint density at radius 2 is 2.00 bits per heavy atom. The Kier molecular flexibility index (Phi) is 4.25. The standard InChI is InChI=1S/C16H24N2O/c1-10-5-6-11(2)14(9-10)16(19)18-15-8-7-12(3)17-13(15)4/h5-6,9,12-13,15,17H,7-8H2,1-4H3,(H,18,19). The molecule has 104 valence electrons. The maximum Gasteiger partial charge on any atom is 0.251 e. The first-order valence-electron chi connectivity index (χ1n) is 7.11. The Morgan fingerprint density at radius 3 is 2.68 bits per heavy atom. The number of amides is 1. The molecule has 0 aromatic heterocycles. The number of carbonyl (C=O) groups is 1. The summed E-state index contributed by atoms with van der Waals surface area (Å²) in [6.07, 6.45) is 2.16. The smallest absolute Gasteiger partial charge is 0.251 e. The first kappa shape index (κ1) is 14.1. The van der Waals surface area contributed by atoms with Crippen molar-refractivity contribution in [1.82, 2.24) is 10.6 Å². The zero-order valence-corrected chi connectivity index (χ0v) is 12.3. The fourth-order valence-corrected chi connectivity index (χ4v) is 2.75. The van der Waals surface area contributed by atoms with Crippen molar-refractivity contribution in [1.29, 1.82) is 0 Å². The second kappa shape index (κ2) is 5.74. The lowest BCUT2D eigenvalue weighted by atomic mass is 9.94. The molecule has 3 heteroatoms. The number of hydrogen-bond acceptors (Lipinski definition) is 2. The summed E-state index contributed by atoms with van der Waals surface area (Å²) in [6.45, 7) is 8.34. The van der Waals surface area contributed by atoms with Gasteiger partial charge in [-0.3, -0.25) is 4.79 Å². The molecule has 2 rings (SSSR count). The summed E-state index contributed by atoms with van der Waals surface area (Å²) in [6, 6.07) is 7.12. The molecule has 1 aliphatic rings. The van der Waals surface area contributed by atoms with E-state index in [1.54, 1.807) is 0 Å². The zero-order valence-electron chi connectivity index (χ0n) is 12.3. The molecule has 0 spiro atoms. The second-order valence-electron chi connectivity index (χ2n) is 5.83. The Labute approximate surface area is 115 Å². The van der Waals surface area contributed by atoms with Crippen molar-refractivity contribution >= 4 is 5.91 Å². The monoisotopic (exact) mass is 260 g/mol. The molecule has 3 nitrogen and oxygen atoms in total. The van der Waals surface area contributed by atoms with Gasteiger partial charge in [0, 0.05) is 23.7 Å². The van der Waals surface area contributed by atoms with Gasteiger partial charge in [0.25, 0.3) is 5.91 Å². The van der Waals surface area contributed by atoms with Crippen molar-refractivity contribution in [3.63, 3.8) is 0 Å². The van der Waals surface area contributed by atoms with E-state index in [9.17, 15) is 4.79 Å². The molecule has 0 bridgehead atoms. The highest BCUT2D eigenvalue weighted by atomic mass is 16.1. The summed E-state index contributed by atoms with van der Waals surface area (Å²) in [5.74, 6) is 0.0504. The number of rotatable bonds is 2. The minimum absolute atomic E-state index is 0.0504. The van der Waals surface area contributed by atoms with Gasteiger partial charge in [0.15, 0.2) is 0 Å². The molecule has 19 heavy (non-hydrogen) atoms. The Hall–Kier alpha value is -1.35. The molecule has 1 aromatic carbocycles. The van der Waals surface area contributed by atoms with E-state index in [0.29, 0.717) is 12.1 Å². The summed E-state index contributed by atoms with van der Waals surface area (Å²) < 4.78 is 0. The zero-order chi connectivity index (χ0) is 14.0. The molecule has 1 heterocycles. The van der Waals surface area contributed by atoms with Gasteiger partial charge in [0.1, 0.15) is 0 Å². The minimum atomic E-state index is 0.0504. The van der Waals surface area contributed by atoms with Crippen molar-refractivity contribution in [2.75, 3.05) is 0 Å². The first-order chi connectivity index (χ1) is 8.97. The summed E-state index contributed by atoms with van der Waals surface area (Å²) in [7, 11) is 0. The van der Waals surface area contributed by atoms with Gasteiger partial charge < -0.3 is 10.6 Å². The molecule has 2 N–H and O–H groups in total. The highest BCUT2D eigenvalue weighted by molar-refractivity contribution is 5.96. The van der Waals surface area contributed by atoms with E-state index in [0.717, 1.165) is 29.5 Å². The van der Waals surface area contributed by atoms with E-state index >= 15 is 0 Å². The fourth-order valence-electron chi connectivity index (χ4n) is 2.75. The molecule has 0 saturated carbocycles. The van der Waals surface area contributed by atoms with Crippen molar-refractivity contribution in [3.8, 4) is 0 Å². The summed E-state index contributed by atoms with van der Waals surface area (Å²) in [5.41, 5.74) is 2.96. The highest BCUT2D eigenvalue weighted by Crippen LogP contribution is 2.15. The van der Waals surface area contributed by atoms with E-state index in [-0.39, 0.29) is 11.9 Å². The number of nitrogens with one attached hydrogen (secondary N) is 2. The SMILES string of the molecule is Cc1ccc(C)c(C(=O)NC2CCC(C)NC2C)c1. The minimum Gasteiger partial charge on any atom is -0.348 e. The van der Waals surface area contributed by atoms with E-state index in [1.165, 1.54) is 0 Å². The van der Waals surface area contributed by atoms with Gasteiger partial charge in [-0.15, -0.1) is 0 Å². The van der Waals surface area contributed by atoms with Crippen molar-refractivity contribution in [2.45, 2.75) is 58.7 Å². The van der Waals surface area contributed by atoms with E-state index < -0.39 is 0 Å². The third-order valence-corrected chi connectivity index (χ3v) is 4.02. The van der Waals surface area contributed by atoms with Crippen molar-refractivity contribution in [3.05, 3.63) is 34.9 Å². The van der Waals surface area contributed by atoms with Crippen LogP contribution in [0.1, 0.15) is 48.2 Å². The molecular formula is C16H24N2O. The molecular weight excluding hydrogens is 236 g/mol. The van der Waals surface area contributed by atoms with Crippen LogP contribution in [0, 0.1) is 13.8 Å². The van der Waals surface area contributed by atoms with Crippen LogP contribution < -0.4 is 10.6 Å². The third-order valence-electron chi connectivity index (χ3n) is 4.02. The van der Waals surface area contributed by atoms with E-state index in [4.69, 9.17) is 0 Å². The van der Waals surface area contributed by atoms with Crippen LogP contribution in [0.5, 0.6) is 0 Å². The maximum absolute atomic E-state index is 12.4. The lowest BCUT2D eigenvalue weighted by Gasteiger charge is -2.34. The Bertz CT molecular complexity index is 470. The lowest BCUT2D eigenvalue weighted by Crippen LogP contribution is -2.54. The van der Waals surface area contributed by atoms with Crippen LogP contribution in [-0.4, -0.2) is 24.0 Å². The van der Waals surface area contributed by atoms with Gasteiger partial charge in [-0.05, 0) is 52.2 Å². The normalized spacial score (nSPS) is 27.1. The number of piperidine rings is 1. The van der Waals surface area contributed by atoms with Gasteiger partial charge >= 0.3 is 0 Å². The van der Waals surface area contributed by atoms with Gasteiger partial charge in [-0.25, -0.2) is 0 Å². The average Bonchev–Trinajstić information content (AvgIpc) is 2.35. The quantitative estimate of drug-likeness (QED) is 0.858. The van der Waals surface area contributed by atoms with Crippen LogP contribution >= 0.6 is 0 Å². The van der Waals surface area contributed by atoms with Crippen LogP contribution in [0.2, 0.25) is 0 Å². The van der Waals surface area contributed by atoms with E-state index in [2.05, 4.69) is 24.5 Å². The van der Waals surface area contributed by atoms with E-state index in [1.807, 2.05) is 32.0 Å². The van der Waals surface area contributed by atoms with Crippen LogP contribution in [0.25, 0.3) is 0 Å². The number of aryl methyl sites for hydroxylation is 2. The number of carbonyl (C=O) groups excluding carboxylic acids is 1. The number of hydrogen-bond donors (Lipinski definition) is 2. The van der Waals surface area contributed by atoms with Crippen LogP contribution in [0.3, 0.4) is 0 Å². The largest absolute Gasteiger partial charge is 0.348 e. The predicted octanol–water partition coefficient (Wildman–Crippen LogP) is 2.56. The Morgan fingerprint density at radius 1 is 1.26 bits per heavy atom. The molecule has 0 aliphatic carbocycles.